The summed E-state index contributed by atoms with van der Waals surface area (Å²) in [5.74, 6) is 0.805. The van der Waals surface area contributed by atoms with E-state index in [4.69, 9.17) is 16.4 Å². The number of aromatic nitrogens is 3. The zero-order valence-electron chi connectivity index (χ0n) is 13.3. The van der Waals surface area contributed by atoms with Gasteiger partial charge in [0.05, 0.1) is 32.7 Å². The SMILES string of the molecule is CCO/N=C/c1cnc(C2CS/C(=C(/C#N)n3ccnc3)S2)c(Cl)c1. The summed E-state index contributed by atoms with van der Waals surface area (Å²) in [5, 5.41) is 14.0. The number of nitrogens with zero attached hydrogens (tertiary/aromatic N) is 5. The van der Waals surface area contributed by atoms with E-state index in [1.54, 1.807) is 59.2 Å². The average Bonchev–Trinajstić information content (AvgIpc) is 3.29. The first-order chi connectivity index (χ1) is 12.2. The topological polar surface area (TPSA) is 76.1 Å². The normalized spacial score (nSPS) is 19.2. The Morgan fingerprint density at radius 3 is 3.20 bits per heavy atom. The van der Waals surface area contributed by atoms with Gasteiger partial charge in [0.15, 0.2) is 0 Å². The maximum Gasteiger partial charge on any atom is 0.145 e. The molecule has 1 atom stereocenters. The van der Waals surface area contributed by atoms with Gasteiger partial charge in [-0.25, -0.2) is 4.98 Å². The number of imidazole rings is 1. The van der Waals surface area contributed by atoms with Gasteiger partial charge in [-0.15, -0.1) is 23.5 Å². The summed E-state index contributed by atoms with van der Waals surface area (Å²) in [4.78, 5) is 13.4. The van der Waals surface area contributed by atoms with Crippen LogP contribution in [-0.2, 0) is 4.84 Å². The smallest absolute Gasteiger partial charge is 0.145 e. The first-order valence-electron chi connectivity index (χ1n) is 7.45. The Bertz CT molecular complexity index is 845. The van der Waals surface area contributed by atoms with E-state index in [0.717, 1.165) is 21.2 Å². The molecule has 2 aromatic heterocycles. The molecule has 0 bridgehead atoms. The second-order valence-electron chi connectivity index (χ2n) is 4.92. The molecule has 25 heavy (non-hydrogen) atoms. The predicted octanol–water partition coefficient (Wildman–Crippen LogP) is 4.17. The molecule has 1 aliphatic heterocycles. The molecule has 128 valence electrons. The lowest BCUT2D eigenvalue weighted by molar-refractivity contribution is 0.160. The van der Waals surface area contributed by atoms with Gasteiger partial charge in [-0.3, -0.25) is 9.55 Å². The van der Waals surface area contributed by atoms with Crippen molar-refractivity contribution >= 4 is 47.0 Å². The molecule has 1 saturated heterocycles. The molecule has 1 fully saturated rings. The van der Waals surface area contributed by atoms with Crippen LogP contribution in [0, 0.1) is 11.3 Å². The highest BCUT2D eigenvalue weighted by Crippen LogP contribution is 2.52. The fraction of sp³-hybridized carbons (Fsp3) is 0.250. The van der Waals surface area contributed by atoms with Crippen molar-refractivity contribution in [2.45, 2.75) is 12.2 Å². The molecule has 1 unspecified atom stereocenters. The zero-order valence-corrected chi connectivity index (χ0v) is 15.7. The number of rotatable bonds is 5. The van der Waals surface area contributed by atoms with Crippen LogP contribution >= 0.6 is 35.1 Å². The molecule has 0 radical (unpaired) electrons. The molecule has 0 amide bonds. The van der Waals surface area contributed by atoms with Gasteiger partial charge in [-0.05, 0) is 13.0 Å². The summed E-state index contributed by atoms with van der Waals surface area (Å²) in [5.41, 5.74) is 2.17. The molecule has 0 aliphatic carbocycles. The Balaban J connectivity index is 1.79. The monoisotopic (exact) mass is 391 g/mol. The van der Waals surface area contributed by atoms with E-state index in [-0.39, 0.29) is 5.25 Å². The molecule has 0 spiro atoms. The first kappa shape index (κ1) is 17.9. The van der Waals surface area contributed by atoms with Gasteiger partial charge in [-0.2, -0.15) is 5.26 Å². The lowest BCUT2D eigenvalue weighted by atomic mass is 10.2. The lowest BCUT2D eigenvalue weighted by Gasteiger charge is -2.09. The quantitative estimate of drug-likeness (QED) is 0.432. The van der Waals surface area contributed by atoms with Gasteiger partial charge in [0.1, 0.15) is 18.4 Å². The Kier molecular flexibility index (Phi) is 6.02. The van der Waals surface area contributed by atoms with Gasteiger partial charge >= 0.3 is 0 Å². The predicted molar refractivity (Wildman–Crippen MR) is 102 cm³/mol. The third-order valence-electron chi connectivity index (χ3n) is 3.28. The fourth-order valence-corrected chi connectivity index (χ4v) is 5.39. The summed E-state index contributed by atoms with van der Waals surface area (Å²) in [7, 11) is 0. The number of pyridine rings is 1. The van der Waals surface area contributed by atoms with Crippen LogP contribution in [0.4, 0.5) is 0 Å². The Labute approximate surface area is 158 Å². The number of hydrogen-bond donors (Lipinski definition) is 0. The highest BCUT2D eigenvalue weighted by Gasteiger charge is 2.28. The number of hydrogen-bond acceptors (Lipinski definition) is 7. The Morgan fingerprint density at radius 2 is 2.52 bits per heavy atom. The Hall–Kier alpha value is -1.95. The van der Waals surface area contributed by atoms with Crippen molar-refractivity contribution in [1.82, 2.24) is 14.5 Å². The lowest BCUT2D eigenvalue weighted by Crippen LogP contribution is -1.99. The van der Waals surface area contributed by atoms with Crippen molar-refractivity contribution in [3.63, 3.8) is 0 Å². The largest absolute Gasteiger partial charge is 0.396 e. The third kappa shape index (κ3) is 4.18. The van der Waals surface area contributed by atoms with Gasteiger partial charge in [0.25, 0.3) is 0 Å². The van der Waals surface area contributed by atoms with E-state index in [9.17, 15) is 5.26 Å². The summed E-state index contributed by atoms with van der Waals surface area (Å²) < 4.78 is 2.67. The molecule has 0 aromatic carbocycles. The van der Waals surface area contributed by atoms with Crippen molar-refractivity contribution in [1.29, 1.82) is 5.26 Å². The summed E-state index contributed by atoms with van der Waals surface area (Å²) >= 11 is 9.63. The van der Waals surface area contributed by atoms with Crippen molar-refractivity contribution in [3.8, 4) is 6.07 Å². The van der Waals surface area contributed by atoms with E-state index >= 15 is 0 Å². The summed E-state index contributed by atoms with van der Waals surface area (Å²) in [6.07, 6.45) is 8.34. The highest BCUT2D eigenvalue weighted by molar-refractivity contribution is 8.25. The first-order valence-corrected chi connectivity index (χ1v) is 9.70. The van der Waals surface area contributed by atoms with E-state index in [0.29, 0.717) is 17.3 Å². The molecular formula is C16H14ClN5OS2. The molecule has 3 rings (SSSR count). The van der Waals surface area contributed by atoms with E-state index < -0.39 is 0 Å². The zero-order chi connectivity index (χ0) is 17.6. The molecule has 9 heteroatoms. The van der Waals surface area contributed by atoms with Crippen LogP contribution in [-0.4, -0.2) is 33.1 Å². The number of thioether (sulfide) groups is 2. The van der Waals surface area contributed by atoms with Crippen LogP contribution < -0.4 is 0 Å². The van der Waals surface area contributed by atoms with Crippen molar-refractivity contribution in [2.24, 2.45) is 5.16 Å². The van der Waals surface area contributed by atoms with Crippen molar-refractivity contribution in [3.05, 3.63) is 51.5 Å². The van der Waals surface area contributed by atoms with Crippen LogP contribution in [0.5, 0.6) is 0 Å². The van der Waals surface area contributed by atoms with Crippen LogP contribution in [0.3, 0.4) is 0 Å². The van der Waals surface area contributed by atoms with Crippen LogP contribution in [0.25, 0.3) is 5.70 Å². The molecular weight excluding hydrogens is 378 g/mol. The molecule has 1 aliphatic rings. The maximum atomic E-state index is 9.46. The second-order valence-corrected chi connectivity index (χ2v) is 7.83. The van der Waals surface area contributed by atoms with Gasteiger partial charge in [0.2, 0.25) is 0 Å². The summed E-state index contributed by atoms with van der Waals surface area (Å²) in [6.45, 7) is 2.38. The van der Waals surface area contributed by atoms with Gasteiger partial charge < -0.3 is 4.84 Å². The second kappa shape index (κ2) is 8.43. The standard InChI is InChI=1S/C16H14ClN5OS2/c1-2-23-21-8-11-5-12(17)15(20-7-11)14-9-24-16(25-14)13(6-18)22-4-3-19-10-22/h3-5,7-8,10,14H,2,9H2,1H3/b16-13+,21-8+. The minimum Gasteiger partial charge on any atom is -0.396 e. The highest BCUT2D eigenvalue weighted by atomic mass is 35.5. The van der Waals surface area contributed by atoms with Crippen LogP contribution in [0.2, 0.25) is 5.02 Å². The molecule has 0 saturated carbocycles. The molecule has 2 aromatic rings. The number of oxime groups is 1. The fourth-order valence-electron chi connectivity index (χ4n) is 2.15. The molecule has 0 N–H and O–H groups in total. The molecule has 3 heterocycles. The van der Waals surface area contributed by atoms with E-state index in [2.05, 4.69) is 21.2 Å². The number of halogens is 1. The van der Waals surface area contributed by atoms with Crippen molar-refractivity contribution < 1.29 is 4.84 Å². The van der Waals surface area contributed by atoms with Crippen molar-refractivity contribution in [2.75, 3.05) is 12.4 Å². The third-order valence-corrected chi connectivity index (χ3v) is 6.47. The minimum absolute atomic E-state index is 0.0947. The van der Waals surface area contributed by atoms with E-state index in [1.165, 1.54) is 0 Å². The number of allylic oxidation sites excluding steroid dienone is 1. The maximum absolute atomic E-state index is 9.46. The summed E-state index contributed by atoms with van der Waals surface area (Å²) in [6, 6.07) is 4.07. The van der Waals surface area contributed by atoms with E-state index in [1.807, 2.05) is 13.0 Å². The van der Waals surface area contributed by atoms with Gasteiger partial charge in [0, 0.05) is 29.9 Å². The number of nitriles is 1. The molecule has 6 nitrogen and oxygen atoms in total. The minimum atomic E-state index is 0.0947. The Morgan fingerprint density at radius 1 is 1.64 bits per heavy atom. The van der Waals surface area contributed by atoms with Gasteiger partial charge in [-0.1, -0.05) is 16.8 Å². The van der Waals surface area contributed by atoms with Crippen LogP contribution in [0.15, 0.2) is 40.4 Å². The average molecular weight is 392 g/mol. The van der Waals surface area contributed by atoms with Crippen LogP contribution in [0.1, 0.15) is 23.4 Å².